The molecule has 64 valence electrons. The average Bonchev–Trinajstić information content (AvgIpc) is 2.18. The molecule has 0 amide bonds. The van der Waals surface area contributed by atoms with Gasteiger partial charge in [-0.15, -0.1) is 0 Å². The molecule has 0 saturated heterocycles. The van der Waals surface area contributed by atoms with Crippen LogP contribution in [0.2, 0.25) is 0 Å². The van der Waals surface area contributed by atoms with Crippen molar-refractivity contribution in [3.63, 3.8) is 0 Å². The fraction of sp³-hybridized carbons (Fsp3) is 0.857. The molecule has 11 heavy (non-hydrogen) atoms. The second-order valence-electron chi connectivity index (χ2n) is 3.21. The number of hydrogen-bond donors (Lipinski definition) is 0. The van der Waals surface area contributed by atoms with Crippen LogP contribution in [0.15, 0.2) is 5.10 Å². The van der Waals surface area contributed by atoms with E-state index in [4.69, 9.17) is 11.6 Å². The fourth-order valence-electron chi connectivity index (χ4n) is 1.03. The van der Waals surface area contributed by atoms with Gasteiger partial charge in [-0.2, -0.15) is 5.10 Å². The van der Waals surface area contributed by atoms with Gasteiger partial charge in [0.1, 0.15) is 6.34 Å². The first-order valence-corrected chi connectivity index (χ1v) is 4.21. The smallest absolute Gasteiger partial charge is 0.195 e. The maximum absolute atomic E-state index is 6.00. The average molecular weight is 176 g/mol. The van der Waals surface area contributed by atoms with Crippen LogP contribution in [0.25, 0.3) is 0 Å². The number of nitrogens with zero attached hydrogens (tertiary/aromatic N) is 3. The first-order chi connectivity index (χ1) is 5.11. The van der Waals surface area contributed by atoms with Crippen LogP contribution in [0.3, 0.4) is 0 Å². The van der Waals surface area contributed by atoms with E-state index in [1.165, 1.54) is 0 Å². The van der Waals surface area contributed by atoms with E-state index in [1.807, 2.05) is 11.9 Å². The molecule has 0 fully saturated rings. The number of alkyl halides is 1. The summed E-state index contributed by atoms with van der Waals surface area (Å²) in [6.45, 7) is 5.29. The molecule has 0 N–H and O–H groups in total. The number of hydrogen-bond acceptors (Lipinski definition) is 3. The Morgan fingerprint density at radius 2 is 2.27 bits per heavy atom. The van der Waals surface area contributed by atoms with Crippen molar-refractivity contribution in [2.24, 2.45) is 11.0 Å². The van der Waals surface area contributed by atoms with Crippen molar-refractivity contribution in [2.75, 3.05) is 13.6 Å². The summed E-state index contributed by atoms with van der Waals surface area (Å²) >= 11 is 6.00. The van der Waals surface area contributed by atoms with E-state index in [2.05, 4.69) is 18.9 Å². The number of halogens is 1. The Hall–Kier alpha value is -0.440. The van der Waals surface area contributed by atoms with Crippen molar-refractivity contribution in [3.05, 3.63) is 0 Å². The molecule has 0 radical (unpaired) electrons. The molecule has 0 saturated carbocycles. The fourth-order valence-corrected chi connectivity index (χ4v) is 1.21. The predicted molar refractivity (Wildman–Crippen MR) is 47.4 cm³/mol. The zero-order valence-electron chi connectivity index (χ0n) is 7.16. The van der Waals surface area contributed by atoms with Crippen LogP contribution < -0.4 is 0 Å². The highest BCUT2D eigenvalue weighted by Crippen LogP contribution is 2.14. The number of hydrazone groups is 1. The SMILES string of the molecule is CC(C)CN1C=NN(C)C1Cl. The lowest BCUT2D eigenvalue weighted by Gasteiger charge is -2.23. The summed E-state index contributed by atoms with van der Waals surface area (Å²) in [5, 5.41) is 5.79. The molecule has 1 unspecified atom stereocenters. The summed E-state index contributed by atoms with van der Waals surface area (Å²) in [6, 6.07) is 0. The minimum atomic E-state index is -0.0996. The zero-order chi connectivity index (χ0) is 8.43. The molecular formula is C7H14ClN3. The van der Waals surface area contributed by atoms with Gasteiger partial charge >= 0.3 is 0 Å². The lowest BCUT2D eigenvalue weighted by Crippen LogP contribution is -2.35. The summed E-state index contributed by atoms with van der Waals surface area (Å²) < 4.78 is 0. The first kappa shape index (κ1) is 8.65. The molecule has 1 aliphatic rings. The molecule has 1 aliphatic heterocycles. The van der Waals surface area contributed by atoms with Gasteiger partial charge < -0.3 is 4.90 Å². The molecule has 0 aromatic heterocycles. The molecule has 1 atom stereocenters. The van der Waals surface area contributed by atoms with E-state index < -0.39 is 0 Å². The van der Waals surface area contributed by atoms with Crippen molar-refractivity contribution in [1.29, 1.82) is 0 Å². The molecule has 3 nitrogen and oxygen atoms in total. The first-order valence-electron chi connectivity index (χ1n) is 3.78. The van der Waals surface area contributed by atoms with Gasteiger partial charge in [0.25, 0.3) is 0 Å². The lowest BCUT2D eigenvalue weighted by molar-refractivity contribution is 0.223. The summed E-state index contributed by atoms with van der Waals surface area (Å²) in [6.07, 6.45) is 1.79. The van der Waals surface area contributed by atoms with E-state index in [-0.39, 0.29) is 5.62 Å². The van der Waals surface area contributed by atoms with E-state index in [0.717, 1.165) is 6.54 Å². The second-order valence-corrected chi connectivity index (χ2v) is 3.60. The molecule has 1 rings (SSSR count). The highest BCUT2D eigenvalue weighted by atomic mass is 35.5. The third-order valence-electron chi connectivity index (χ3n) is 1.54. The van der Waals surface area contributed by atoms with E-state index in [9.17, 15) is 0 Å². The molecule has 0 aliphatic carbocycles. The predicted octanol–water partition coefficient (Wildman–Crippen LogP) is 1.36. The van der Waals surface area contributed by atoms with Crippen molar-refractivity contribution in [2.45, 2.75) is 19.5 Å². The van der Waals surface area contributed by atoms with Gasteiger partial charge in [-0.05, 0) is 5.92 Å². The minimum absolute atomic E-state index is 0.0996. The van der Waals surface area contributed by atoms with Crippen LogP contribution in [0.4, 0.5) is 0 Å². The van der Waals surface area contributed by atoms with Crippen molar-refractivity contribution >= 4 is 17.9 Å². The molecule has 1 heterocycles. The topological polar surface area (TPSA) is 18.8 Å². The highest BCUT2D eigenvalue weighted by molar-refractivity contribution is 6.20. The van der Waals surface area contributed by atoms with Crippen molar-refractivity contribution in [1.82, 2.24) is 9.91 Å². The zero-order valence-corrected chi connectivity index (χ0v) is 7.91. The quantitative estimate of drug-likeness (QED) is 0.466. The maximum atomic E-state index is 6.00. The largest absolute Gasteiger partial charge is 0.327 e. The Kier molecular flexibility index (Phi) is 2.60. The second kappa shape index (κ2) is 3.30. The van der Waals surface area contributed by atoms with Gasteiger partial charge in [0.15, 0.2) is 5.62 Å². The van der Waals surface area contributed by atoms with E-state index in [0.29, 0.717) is 5.92 Å². The highest BCUT2D eigenvalue weighted by Gasteiger charge is 2.22. The van der Waals surface area contributed by atoms with Crippen molar-refractivity contribution in [3.8, 4) is 0 Å². The summed E-state index contributed by atoms with van der Waals surface area (Å²) in [4.78, 5) is 2.02. The van der Waals surface area contributed by atoms with Crippen molar-refractivity contribution < 1.29 is 0 Å². The Labute approximate surface area is 72.6 Å². The Balaban J connectivity index is 2.43. The number of rotatable bonds is 2. The standard InChI is InChI=1S/C7H14ClN3/c1-6(2)4-11-5-9-10(3)7(11)8/h5-7H,4H2,1-3H3. The molecule has 0 bridgehead atoms. The van der Waals surface area contributed by atoms with Crippen LogP contribution in [0, 0.1) is 5.92 Å². The van der Waals surface area contributed by atoms with Crippen LogP contribution >= 0.6 is 11.6 Å². The van der Waals surface area contributed by atoms with Gasteiger partial charge in [0.05, 0.1) is 0 Å². The molecule has 0 aromatic carbocycles. The monoisotopic (exact) mass is 175 g/mol. The molecule has 4 heteroatoms. The Morgan fingerprint density at radius 1 is 1.64 bits per heavy atom. The van der Waals surface area contributed by atoms with Gasteiger partial charge in [0, 0.05) is 13.6 Å². The van der Waals surface area contributed by atoms with Gasteiger partial charge in [0.2, 0.25) is 0 Å². The molecule has 0 spiro atoms. The van der Waals surface area contributed by atoms with Gasteiger partial charge in [-0.1, -0.05) is 25.4 Å². The van der Waals surface area contributed by atoms with Crippen LogP contribution in [0.1, 0.15) is 13.8 Å². The maximum Gasteiger partial charge on any atom is 0.195 e. The molecular weight excluding hydrogens is 162 g/mol. The summed E-state index contributed by atoms with van der Waals surface area (Å²) in [5.74, 6) is 0.620. The third kappa shape index (κ3) is 1.99. The van der Waals surface area contributed by atoms with Crippen LogP contribution in [-0.4, -0.2) is 35.5 Å². The van der Waals surface area contributed by atoms with Crippen LogP contribution in [-0.2, 0) is 0 Å². The Morgan fingerprint density at radius 3 is 2.64 bits per heavy atom. The summed E-state index contributed by atoms with van der Waals surface area (Å²) in [5.41, 5.74) is -0.0996. The van der Waals surface area contributed by atoms with E-state index >= 15 is 0 Å². The minimum Gasteiger partial charge on any atom is -0.327 e. The van der Waals surface area contributed by atoms with E-state index in [1.54, 1.807) is 11.3 Å². The molecule has 0 aromatic rings. The lowest BCUT2D eigenvalue weighted by atomic mass is 10.2. The third-order valence-corrected chi connectivity index (χ3v) is 2.07. The van der Waals surface area contributed by atoms with Crippen LogP contribution in [0.5, 0.6) is 0 Å². The van der Waals surface area contributed by atoms with Gasteiger partial charge in [-0.25, -0.2) is 0 Å². The van der Waals surface area contributed by atoms with Gasteiger partial charge in [-0.3, -0.25) is 5.01 Å². The normalized spacial score (nSPS) is 23.9. The summed E-state index contributed by atoms with van der Waals surface area (Å²) in [7, 11) is 1.87. The Bertz CT molecular complexity index is 158.